The molecule has 0 unspecified atom stereocenters. The summed E-state index contributed by atoms with van der Waals surface area (Å²) in [4.78, 5) is 27.3. The highest BCUT2D eigenvalue weighted by Gasteiger charge is 2.28. The molecule has 2 amide bonds. The molecule has 1 heterocycles. The minimum absolute atomic E-state index is 0.0879. The zero-order valence-electron chi connectivity index (χ0n) is 19.8. The van der Waals surface area contributed by atoms with Gasteiger partial charge in [-0.3, -0.25) is 9.69 Å². The second kappa shape index (κ2) is 9.84. The fourth-order valence-electron chi connectivity index (χ4n) is 5.42. The van der Waals surface area contributed by atoms with Gasteiger partial charge >= 0.3 is 6.03 Å². The number of hydrogen-bond acceptors (Lipinski definition) is 2. The van der Waals surface area contributed by atoms with Crippen LogP contribution >= 0.6 is 0 Å². The smallest absolute Gasteiger partial charge is 0.308 e. The Morgan fingerprint density at radius 3 is 2.32 bits per heavy atom. The highest BCUT2D eigenvalue weighted by molar-refractivity contribution is 6.11. The van der Waals surface area contributed by atoms with Crippen LogP contribution in [-0.4, -0.2) is 18.4 Å². The van der Waals surface area contributed by atoms with Crippen LogP contribution in [0.1, 0.15) is 67.3 Å². The minimum atomic E-state index is -0.213. The third-order valence-electron chi connectivity index (χ3n) is 7.56. The van der Waals surface area contributed by atoms with Gasteiger partial charge in [-0.1, -0.05) is 61.9 Å². The lowest BCUT2D eigenvalue weighted by Gasteiger charge is -2.29. The Balaban J connectivity index is 1.34. The van der Waals surface area contributed by atoms with E-state index in [2.05, 4.69) is 36.5 Å². The molecule has 3 aromatic rings. The van der Waals surface area contributed by atoms with Crippen molar-refractivity contribution in [3.05, 3.63) is 83.9 Å². The Morgan fingerprint density at radius 1 is 0.912 bits per heavy atom. The number of anilines is 2. The Hall–Kier alpha value is -3.40. The number of nitrogens with one attached hydrogen (secondary N) is 1. The quantitative estimate of drug-likeness (QED) is 0.442. The zero-order valence-corrected chi connectivity index (χ0v) is 19.8. The molecular weight excluding hydrogens is 420 g/mol. The molecule has 174 valence electrons. The first-order valence-electron chi connectivity index (χ1n) is 12.5. The van der Waals surface area contributed by atoms with E-state index in [9.17, 15) is 9.59 Å². The lowest BCUT2D eigenvalue weighted by atomic mass is 9.77. The third kappa shape index (κ3) is 4.63. The minimum Gasteiger partial charge on any atom is -0.308 e. The molecule has 1 saturated carbocycles. The summed E-state index contributed by atoms with van der Waals surface area (Å²) >= 11 is 0. The fraction of sp³-hybridized carbons (Fsp3) is 0.333. The van der Waals surface area contributed by atoms with Crippen molar-refractivity contribution in [2.75, 3.05) is 16.8 Å². The number of urea groups is 1. The van der Waals surface area contributed by atoms with Gasteiger partial charge in [0.25, 0.3) is 0 Å². The topological polar surface area (TPSA) is 49.4 Å². The highest BCUT2D eigenvalue weighted by Crippen LogP contribution is 2.38. The molecule has 0 aromatic heterocycles. The fourth-order valence-corrected chi connectivity index (χ4v) is 5.42. The van der Waals surface area contributed by atoms with Crippen LogP contribution in [0, 0.1) is 5.92 Å². The molecule has 2 aliphatic rings. The van der Waals surface area contributed by atoms with Gasteiger partial charge in [-0.05, 0) is 78.5 Å². The maximum atomic E-state index is 12.9. The predicted octanol–water partition coefficient (Wildman–Crippen LogP) is 7.66. The van der Waals surface area contributed by atoms with Crippen LogP contribution in [-0.2, 0) is 0 Å². The van der Waals surface area contributed by atoms with Gasteiger partial charge in [-0.25, -0.2) is 4.79 Å². The summed E-state index contributed by atoms with van der Waals surface area (Å²) in [6.07, 6.45) is 6.87. The molecule has 0 radical (unpaired) electrons. The first-order chi connectivity index (χ1) is 16.6. The van der Waals surface area contributed by atoms with E-state index in [0.717, 1.165) is 22.7 Å². The van der Waals surface area contributed by atoms with Gasteiger partial charge < -0.3 is 5.32 Å². The molecule has 1 fully saturated rings. The Labute approximate surface area is 202 Å². The van der Waals surface area contributed by atoms with E-state index in [4.69, 9.17) is 0 Å². The van der Waals surface area contributed by atoms with Gasteiger partial charge in [0, 0.05) is 24.2 Å². The van der Waals surface area contributed by atoms with Crippen LogP contribution in [0.5, 0.6) is 0 Å². The van der Waals surface area contributed by atoms with Crippen LogP contribution in [0.2, 0.25) is 0 Å². The van der Waals surface area contributed by atoms with Crippen molar-refractivity contribution < 1.29 is 9.59 Å². The largest absolute Gasteiger partial charge is 0.326 e. The second-order valence-electron chi connectivity index (χ2n) is 9.60. The van der Waals surface area contributed by atoms with Gasteiger partial charge in [-0.2, -0.15) is 0 Å². The molecule has 0 saturated heterocycles. The lowest BCUT2D eigenvalue weighted by molar-refractivity contribution is 0.0981. The van der Waals surface area contributed by atoms with E-state index in [0.29, 0.717) is 30.1 Å². The molecule has 1 N–H and O–H groups in total. The van der Waals surface area contributed by atoms with Crippen LogP contribution in [0.25, 0.3) is 11.1 Å². The Morgan fingerprint density at radius 2 is 1.62 bits per heavy atom. The van der Waals surface area contributed by atoms with Crippen LogP contribution < -0.4 is 10.2 Å². The lowest BCUT2D eigenvalue weighted by Crippen LogP contribution is -2.40. The number of para-hydroxylation sites is 1. The number of hydrogen-bond donors (Lipinski definition) is 1. The van der Waals surface area contributed by atoms with Crippen molar-refractivity contribution in [1.82, 2.24) is 0 Å². The molecule has 1 aliphatic carbocycles. The van der Waals surface area contributed by atoms with Gasteiger partial charge in [0.1, 0.15) is 0 Å². The van der Waals surface area contributed by atoms with E-state index >= 15 is 0 Å². The molecule has 1 aliphatic heterocycles. The molecule has 34 heavy (non-hydrogen) atoms. The molecule has 4 nitrogen and oxygen atoms in total. The van der Waals surface area contributed by atoms with E-state index < -0.39 is 0 Å². The van der Waals surface area contributed by atoms with Crippen LogP contribution in [0.15, 0.2) is 72.8 Å². The number of ketones is 1. The van der Waals surface area contributed by atoms with E-state index in [1.165, 1.54) is 37.7 Å². The number of carbonyl (C=O) groups excluding carboxylic acids is 2. The standard InChI is InChI=1S/C30H32N2O2/c1-2-21-8-10-22(11-9-21)23-12-14-24(15-13-23)25-16-17-28-27(20-25)29(33)18-19-32(28)30(34)31-26-6-4-3-5-7-26/h3-7,12-17,20-22H,2,8-11,18-19H2,1H3,(H,31,34). The SMILES string of the molecule is CCC1CCC(c2ccc(-c3ccc4c(c3)C(=O)CCN4C(=O)Nc3ccccc3)cc2)CC1. The average molecular weight is 453 g/mol. The van der Waals surface area contributed by atoms with Crippen molar-refractivity contribution in [1.29, 1.82) is 0 Å². The molecule has 4 heteroatoms. The Kier molecular flexibility index (Phi) is 6.48. The first-order valence-corrected chi connectivity index (χ1v) is 12.5. The number of rotatable bonds is 4. The number of benzene rings is 3. The maximum Gasteiger partial charge on any atom is 0.326 e. The summed E-state index contributed by atoms with van der Waals surface area (Å²) in [5.74, 6) is 1.65. The molecule has 0 bridgehead atoms. The van der Waals surface area contributed by atoms with Gasteiger partial charge in [-0.15, -0.1) is 0 Å². The summed E-state index contributed by atoms with van der Waals surface area (Å²) in [6, 6.07) is 23.9. The molecular formula is C30H32N2O2. The van der Waals surface area contributed by atoms with Crippen molar-refractivity contribution in [2.45, 2.75) is 51.4 Å². The number of amides is 2. The molecule has 0 atom stereocenters. The summed E-state index contributed by atoms with van der Waals surface area (Å²) in [6.45, 7) is 2.69. The molecule has 5 rings (SSSR count). The van der Waals surface area contributed by atoms with Crippen molar-refractivity contribution in [2.24, 2.45) is 5.92 Å². The summed E-state index contributed by atoms with van der Waals surface area (Å²) in [5.41, 5.74) is 5.58. The normalized spacial score (nSPS) is 20.0. The number of fused-ring (bicyclic) bond motifs is 1. The van der Waals surface area contributed by atoms with Crippen molar-refractivity contribution in [3.8, 4) is 11.1 Å². The first kappa shape index (κ1) is 22.4. The van der Waals surface area contributed by atoms with Crippen molar-refractivity contribution >= 4 is 23.2 Å². The van der Waals surface area contributed by atoms with E-state index in [-0.39, 0.29) is 11.8 Å². The second-order valence-corrected chi connectivity index (χ2v) is 9.60. The van der Waals surface area contributed by atoms with Gasteiger partial charge in [0.05, 0.1) is 5.69 Å². The van der Waals surface area contributed by atoms with Gasteiger partial charge in [0.2, 0.25) is 0 Å². The Bertz CT molecular complexity index is 1160. The number of carbonyl (C=O) groups is 2. The number of nitrogens with zero attached hydrogens (tertiary/aromatic N) is 1. The molecule has 3 aromatic carbocycles. The number of Topliss-reactive ketones (excluding diaryl/α,β-unsaturated/α-hetero) is 1. The average Bonchev–Trinajstić information content (AvgIpc) is 2.89. The van der Waals surface area contributed by atoms with Crippen LogP contribution in [0.4, 0.5) is 16.2 Å². The predicted molar refractivity (Wildman–Crippen MR) is 139 cm³/mol. The monoisotopic (exact) mass is 452 g/mol. The van der Waals surface area contributed by atoms with E-state index in [1.54, 1.807) is 4.90 Å². The summed E-state index contributed by atoms with van der Waals surface area (Å²) < 4.78 is 0. The van der Waals surface area contributed by atoms with Crippen molar-refractivity contribution in [3.63, 3.8) is 0 Å². The molecule has 0 spiro atoms. The summed E-state index contributed by atoms with van der Waals surface area (Å²) in [5, 5.41) is 2.93. The zero-order chi connectivity index (χ0) is 23.5. The van der Waals surface area contributed by atoms with Gasteiger partial charge in [0.15, 0.2) is 5.78 Å². The third-order valence-corrected chi connectivity index (χ3v) is 7.56. The summed E-state index contributed by atoms with van der Waals surface area (Å²) in [7, 11) is 0. The van der Waals surface area contributed by atoms with Crippen LogP contribution in [0.3, 0.4) is 0 Å². The highest BCUT2D eigenvalue weighted by atomic mass is 16.2. The van der Waals surface area contributed by atoms with E-state index in [1.807, 2.05) is 48.5 Å². The maximum absolute atomic E-state index is 12.9.